The molecule has 0 aromatic heterocycles. The van der Waals surface area contributed by atoms with Gasteiger partial charge in [-0.15, -0.1) is 24.8 Å². The normalized spacial score (nSPS) is 21.8. The second-order valence-electron chi connectivity index (χ2n) is 6.43. The van der Waals surface area contributed by atoms with Crippen LogP contribution in [0.1, 0.15) is 39.0 Å². The summed E-state index contributed by atoms with van der Waals surface area (Å²) in [6.07, 6.45) is 5.42. The summed E-state index contributed by atoms with van der Waals surface area (Å²) in [5, 5.41) is 3.03. The van der Waals surface area contributed by atoms with Crippen LogP contribution in [0.15, 0.2) is 0 Å². The lowest BCUT2D eigenvalue weighted by Crippen LogP contribution is -2.47. The zero-order chi connectivity index (χ0) is 15.1. The Labute approximate surface area is 152 Å². The Morgan fingerprint density at radius 2 is 1.83 bits per heavy atom. The molecule has 3 N–H and O–H groups in total. The first-order chi connectivity index (χ1) is 10.2. The number of halogens is 2. The average Bonchev–Trinajstić information content (AvgIpc) is 2.55. The van der Waals surface area contributed by atoms with E-state index in [9.17, 15) is 4.79 Å². The molecule has 2 heterocycles. The average molecular weight is 370 g/mol. The van der Waals surface area contributed by atoms with Gasteiger partial charge in [0, 0.05) is 19.8 Å². The van der Waals surface area contributed by atoms with Crippen LogP contribution in [0.3, 0.4) is 0 Å². The van der Waals surface area contributed by atoms with E-state index in [-0.39, 0.29) is 42.7 Å². The fourth-order valence-electron chi connectivity index (χ4n) is 3.40. The van der Waals surface area contributed by atoms with Crippen molar-refractivity contribution in [2.45, 2.75) is 45.1 Å². The molecule has 2 aliphatic rings. The van der Waals surface area contributed by atoms with E-state index >= 15 is 0 Å². The first-order valence-corrected chi connectivity index (χ1v) is 8.54. The maximum absolute atomic E-state index is 12.1. The van der Waals surface area contributed by atoms with E-state index in [1.54, 1.807) is 0 Å². The molecule has 2 saturated heterocycles. The van der Waals surface area contributed by atoms with Crippen LogP contribution < -0.4 is 11.1 Å². The van der Waals surface area contributed by atoms with Gasteiger partial charge < -0.3 is 20.7 Å². The van der Waals surface area contributed by atoms with Gasteiger partial charge in [-0.05, 0) is 63.6 Å². The number of hydrogen-bond donors (Lipinski definition) is 2. The number of piperidine rings is 1. The number of hydrogen-bond acceptors (Lipinski definition) is 4. The zero-order valence-electron chi connectivity index (χ0n) is 14.2. The lowest BCUT2D eigenvalue weighted by molar-refractivity contribution is -0.124. The van der Waals surface area contributed by atoms with Crippen LogP contribution in [0.5, 0.6) is 0 Å². The largest absolute Gasteiger partial charge is 0.381 e. The second-order valence-corrected chi connectivity index (χ2v) is 6.43. The molecule has 0 aromatic rings. The maximum atomic E-state index is 12.1. The van der Waals surface area contributed by atoms with Crippen molar-refractivity contribution in [2.75, 3.05) is 39.4 Å². The number of carbonyl (C=O) groups is 1. The van der Waals surface area contributed by atoms with Crippen molar-refractivity contribution < 1.29 is 9.53 Å². The third kappa shape index (κ3) is 7.57. The lowest BCUT2D eigenvalue weighted by atomic mass is 9.91. The van der Waals surface area contributed by atoms with Crippen molar-refractivity contribution in [2.24, 2.45) is 17.6 Å². The molecule has 2 aliphatic heterocycles. The van der Waals surface area contributed by atoms with Crippen LogP contribution in [0.2, 0.25) is 0 Å². The number of amides is 1. The van der Waals surface area contributed by atoms with Crippen LogP contribution in [0.25, 0.3) is 0 Å². The van der Waals surface area contributed by atoms with Crippen molar-refractivity contribution in [1.29, 1.82) is 0 Å². The zero-order valence-corrected chi connectivity index (χ0v) is 15.8. The molecular weight excluding hydrogens is 337 g/mol. The van der Waals surface area contributed by atoms with Gasteiger partial charge in [0.2, 0.25) is 5.91 Å². The van der Waals surface area contributed by atoms with Crippen molar-refractivity contribution in [1.82, 2.24) is 10.2 Å². The minimum Gasteiger partial charge on any atom is -0.381 e. The SMILES string of the molecule is CCN1CCC(CCNC(=O)C(N)C2CCOCC2)CC1.Cl.Cl. The van der Waals surface area contributed by atoms with Gasteiger partial charge in [-0.3, -0.25) is 4.79 Å². The highest BCUT2D eigenvalue weighted by molar-refractivity contribution is 5.85. The summed E-state index contributed by atoms with van der Waals surface area (Å²) in [5.74, 6) is 1.06. The third-order valence-electron chi connectivity index (χ3n) is 5.08. The molecule has 0 radical (unpaired) electrons. The lowest BCUT2D eigenvalue weighted by Gasteiger charge is -2.31. The molecule has 23 heavy (non-hydrogen) atoms. The molecule has 5 nitrogen and oxygen atoms in total. The number of nitrogens with one attached hydrogen (secondary N) is 1. The Hall–Kier alpha value is -0.0700. The smallest absolute Gasteiger partial charge is 0.237 e. The van der Waals surface area contributed by atoms with E-state index in [4.69, 9.17) is 10.5 Å². The number of ether oxygens (including phenoxy) is 1. The monoisotopic (exact) mass is 369 g/mol. The number of nitrogens with two attached hydrogens (primary N) is 1. The molecule has 0 aromatic carbocycles. The van der Waals surface area contributed by atoms with Gasteiger partial charge in [0.05, 0.1) is 6.04 Å². The van der Waals surface area contributed by atoms with Crippen LogP contribution in [-0.2, 0) is 9.53 Å². The van der Waals surface area contributed by atoms with E-state index in [0.29, 0.717) is 0 Å². The molecule has 0 saturated carbocycles. The highest BCUT2D eigenvalue weighted by Gasteiger charge is 2.26. The Bertz CT molecular complexity index is 320. The van der Waals surface area contributed by atoms with Crippen LogP contribution >= 0.6 is 24.8 Å². The van der Waals surface area contributed by atoms with Crippen molar-refractivity contribution in [3.05, 3.63) is 0 Å². The Kier molecular flexibility index (Phi) is 12.3. The molecule has 1 amide bonds. The Balaban J connectivity index is 0.00000242. The van der Waals surface area contributed by atoms with E-state index in [0.717, 1.165) is 51.5 Å². The van der Waals surface area contributed by atoms with E-state index in [1.165, 1.54) is 25.9 Å². The molecule has 2 rings (SSSR count). The first-order valence-electron chi connectivity index (χ1n) is 8.54. The molecule has 1 atom stereocenters. The number of carbonyl (C=O) groups excluding carboxylic acids is 1. The number of likely N-dealkylation sites (tertiary alicyclic amines) is 1. The predicted molar refractivity (Wildman–Crippen MR) is 98.5 cm³/mol. The van der Waals surface area contributed by atoms with Crippen LogP contribution in [0.4, 0.5) is 0 Å². The van der Waals surface area contributed by atoms with Gasteiger partial charge in [0.25, 0.3) is 0 Å². The Morgan fingerprint density at radius 3 is 2.39 bits per heavy atom. The minimum absolute atomic E-state index is 0. The summed E-state index contributed by atoms with van der Waals surface area (Å²) in [5.41, 5.74) is 6.07. The summed E-state index contributed by atoms with van der Waals surface area (Å²) in [4.78, 5) is 14.6. The summed E-state index contributed by atoms with van der Waals surface area (Å²) in [6.45, 7) is 8.03. The highest BCUT2D eigenvalue weighted by Crippen LogP contribution is 2.20. The van der Waals surface area contributed by atoms with Gasteiger partial charge in [0.1, 0.15) is 0 Å². The standard InChI is InChI=1S/C16H31N3O2.2ClH/c1-2-19-9-4-13(5-10-19)3-8-18-16(20)15(17)14-6-11-21-12-7-14;;/h13-15H,2-12,17H2,1H3,(H,18,20);2*1H. The number of rotatable bonds is 6. The van der Waals surface area contributed by atoms with Gasteiger partial charge in [-0.2, -0.15) is 0 Å². The van der Waals surface area contributed by atoms with Crippen molar-refractivity contribution in [3.8, 4) is 0 Å². The Morgan fingerprint density at radius 1 is 1.22 bits per heavy atom. The summed E-state index contributed by atoms with van der Waals surface area (Å²) in [7, 11) is 0. The number of nitrogens with zero attached hydrogens (tertiary/aromatic N) is 1. The summed E-state index contributed by atoms with van der Waals surface area (Å²) < 4.78 is 5.32. The maximum Gasteiger partial charge on any atom is 0.237 e. The minimum atomic E-state index is -0.365. The van der Waals surface area contributed by atoms with Gasteiger partial charge in [0.15, 0.2) is 0 Å². The molecule has 0 aliphatic carbocycles. The molecule has 0 bridgehead atoms. The quantitative estimate of drug-likeness (QED) is 0.749. The topological polar surface area (TPSA) is 67.6 Å². The van der Waals surface area contributed by atoms with E-state index in [1.807, 2.05) is 0 Å². The third-order valence-corrected chi connectivity index (χ3v) is 5.08. The second kappa shape index (κ2) is 12.3. The van der Waals surface area contributed by atoms with Gasteiger partial charge in [-0.25, -0.2) is 0 Å². The van der Waals surface area contributed by atoms with E-state index in [2.05, 4.69) is 17.1 Å². The van der Waals surface area contributed by atoms with Crippen LogP contribution in [-0.4, -0.2) is 56.2 Å². The van der Waals surface area contributed by atoms with Crippen molar-refractivity contribution >= 4 is 30.7 Å². The molecule has 7 heteroatoms. The summed E-state index contributed by atoms with van der Waals surface area (Å²) in [6, 6.07) is -0.365. The first kappa shape index (κ1) is 22.9. The summed E-state index contributed by atoms with van der Waals surface area (Å²) >= 11 is 0. The van der Waals surface area contributed by atoms with E-state index < -0.39 is 0 Å². The predicted octanol–water partition coefficient (Wildman–Crippen LogP) is 1.82. The van der Waals surface area contributed by atoms with Crippen LogP contribution in [0, 0.1) is 11.8 Å². The fraction of sp³-hybridized carbons (Fsp3) is 0.938. The molecule has 2 fully saturated rings. The molecular formula is C16H33Cl2N3O2. The highest BCUT2D eigenvalue weighted by atomic mass is 35.5. The molecule has 0 spiro atoms. The van der Waals surface area contributed by atoms with Gasteiger partial charge >= 0.3 is 0 Å². The fourth-order valence-corrected chi connectivity index (χ4v) is 3.40. The molecule has 138 valence electrons. The van der Waals surface area contributed by atoms with Crippen molar-refractivity contribution in [3.63, 3.8) is 0 Å². The molecule has 1 unspecified atom stereocenters. The van der Waals surface area contributed by atoms with Gasteiger partial charge in [-0.1, -0.05) is 6.92 Å².